The van der Waals surface area contributed by atoms with Crippen LogP contribution in [0, 0.1) is 11.3 Å². The normalized spacial score (nSPS) is 10.2. The molecule has 3 rings (SSSR count). The smallest absolute Gasteiger partial charge is 0.0991 e. The lowest BCUT2D eigenvalue weighted by atomic mass is 10.1. The quantitative estimate of drug-likeness (QED) is 0.779. The molecule has 1 heterocycles. The van der Waals surface area contributed by atoms with Crippen molar-refractivity contribution >= 4 is 16.5 Å². The molecule has 3 nitrogen and oxygen atoms in total. The summed E-state index contributed by atoms with van der Waals surface area (Å²) in [7, 11) is 0. The van der Waals surface area contributed by atoms with E-state index in [1.54, 1.807) is 6.20 Å². The van der Waals surface area contributed by atoms with Gasteiger partial charge >= 0.3 is 0 Å². The Balaban J connectivity index is 1.85. The van der Waals surface area contributed by atoms with Gasteiger partial charge in [-0.2, -0.15) is 5.26 Å². The number of rotatable bonds is 3. The van der Waals surface area contributed by atoms with E-state index in [1.807, 2.05) is 48.7 Å². The van der Waals surface area contributed by atoms with Crippen molar-refractivity contribution in [1.82, 2.24) is 4.98 Å². The number of anilines is 1. The van der Waals surface area contributed by atoms with Gasteiger partial charge in [0.25, 0.3) is 0 Å². The summed E-state index contributed by atoms with van der Waals surface area (Å²) in [6.45, 7) is 0.691. The zero-order valence-corrected chi connectivity index (χ0v) is 10.9. The third-order valence-electron chi connectivity index (χ3n) is 3.22. The number of nitrogens with one attached hydrogen (secondary N) is 1. The van der Waals surface area contributed by atoms with Gasteiger partial charge in [-0.05, 0) is 29.8 Å². The summed E-state index contributed by atoms with van der Waals surface area (Å²) in [6.07, 6.45) is 3.65. The lowest BCUT2D eigenvalue weighted by Crippen LogP contribution is -2.00. The second-order valence-corrected chi connectivity index (χ2v) is 4.57. The van der Waals surface area contributed by atoms with Crippen molar-refractivity contribution in [2.45, 2.75) is 6.54 Å². The Bertz CT molecular complexity index is 782. The molecule has 2 aromatic carbocycles. The van der Waals surface area contributed by atoms with Crippen LogP contribution in [0.5, 0.6) is 0 Å². The molecule has 0 atom stereocenters. The Morgan fingerprint density at radius 1 is 1.10 bits per heavy atom. The van der Waals surface area contributed by atoms with Gasteiger partial charge in [-0.3, -0.25) is 4.98 Å². The minimum atomic E-state index is 0.686. The van der Waals surface area contributed by atoms with Crippen LogP contribution in [0.4, 0.5) is 5.69 Å². The fourth-order valence-electron chi connectivity index (χ4n) is 2.22. The topological polar surface area (TPSA) is 48.7 Å². The Kier molecular flexibility index (Phi) is 3.30. The van der Waals surface area contributed by atoms with Crippen molar-refractivity contribution in [3.63, 3.8) is 0 Å². The summed E-state index contributed by atoms with van der Waals surface area (Å²) in [5.41, 5.74) is 2.86. The van der Waals surface area contributed by atoms with E-state index in [-0.39, 0.29) is 0 Å². The minimum Gasteiger partial charge on any atom is -0.380 e. The molecule has 1 N–H and O–H groups in total. The van der Waals surface area contributed by atoms with E-state index in [2.05, 4.69) is 22.4 Å². The zero-order valence-electron chi connectivity index (χ0n) is 10.9. The average Bonchev–Trinajstić information content (AvgIpc) is 2.53. The van der Waals surface area contributed by atoms with Gasteiger partial charge in [0, 0.05) is 35.4 Å². The molecule has 0 unspecified atom stereocenters. The van der Waals surface area contributed by atoms with Crippen LogP contribution >= 0.6 is 0 Å². The fraction of sp³-hybridized carbons (Fsp3) is 0.0588. The van der Waals surface area contributed by atoms with Gasteiger partial charge in [-0.25, -0.2) is 0 Å². The van der Waals surface area contributed by atoms with Gasteiger partial charge in [-0.15, -0.1) is 0 Å². The molecule has 0 radical (unpaired) electrons. The van der Waals surface area contributed by atoms with Crippen molar-refractivity contribution in [3.05, 3.63) is 72.1 Å². The summed E-state index contributed by atoms with van der Waals surface area (Å²) < 4.78 is 0. The molecule has 0 aliphatic rings. The molecule has 96 valence electrons. The highest BCUT2D eigenvalue weighted by atomic mass is 14.9. The summed E-state index contributed by atoms with van der Waals surface area (Å²) in [5.74, 6) is 0. The molecule has 0 aliphatic carbocycles. The van der Waals surface area contributed by atoms with Crippen molar-refractivity contribution in [2.24, 2.45) is 0 Å². The standard InChI is InChI=1S/C17H13N3/c18-10-13-3-1-4-14(9-13)11-20-17-6-2-5-15-12-19-8-7-16(15)17/h1-9,12,20H,11H2. The summed E-state index contributed by atoms with van der Waals surface area (Å²) in [4.78, 5) is 4.13. The number of hydrogen-bond acceptors (Lipinski definition) is 3. The second kappa shape index (κ2) is 5.41. The van der Waals surface area contributed by atoms with E-state index in [1.165, 1.54) is 0 Å². The van der Waals surface area contributed by atoms with Crippen LogP contribution in [0.1, 0.15) is 11.1 Å². The SMILES string of the molecule is N#Cc1cccc(CNc2cccc3cnccc23)c1. The molecule has 0 saturated carbocycles. The molecule has 0 bridgehead atoms. The molecule has 0 spiro atoms. The largest absolute Gasteiger partial charge is 0.380 e. The first-order chi connectivity index (χ1) is 9.86. The average molecular weight is 259 g/mol. The molecule has 20 heavy (non-hydrogen) atoms. The first kappa shape index (κ1) is 12.2. The summed E-state index contributed by atoms with van der Waals surface area (Å²) >= 11 is 0. The molecule has 1 aromatic heterocycles. The van der Waals surface area contributed by atoms with E-state index in [0.717, 1.165) is 22.0 Å². The number of aromatic nitrogens is 1. The highest BCUT2D eigenvalue weighted by Crippen LogP contribution is 2.22. The van der Waals surface area contributed by atoms with Crippen LogP contribution in [0.25, 0.3) is 10.8 Å². The summed E-state index contributed by atoms with van der Waals surface area (Å²) in [5, 5.41) is 14.6. The Labute approximate surface area is 117 Å². The number of pyridine rings is 1. The molecule has 3 heteroatoms. The minimum absolute atomic E-state index is 0.686. The number of nitrogens with zero attached hydrogens (tertiary/aromatic N) is 2. The monoisotopic (exact) mass is 259 g/mol. The molecule has 0 fully saturated rings. The van der Waals surface area contributed by atoms with E-state index < -0.39 is 0 Å². The molecular weight excluding hydrogens is 246 g/mol. The van der Waals surface area contributed by atoms with Crippen LogP contribution in [-0.2, 0) is 6.54 Å². The molecule has 0 amide bonds. The first-order valence-electron chi connectivity index (χ1n) is 6.42. The maximum Gasteiger partial charge on any atom is 0.0991 e. The lowest BCUT2D eigenvalue weighted by Gasteiger charge is -2.09. The maximum atomic E-state index is 8.91. The first-order valence-corrected chi connectivity index (χ1v) is 6.42. The second-order valence-electron chi connectivity index (χ2n) is 4.57. The van der Waals surface area contributed by atoms with Crippen molar-refractivity contribution in [2.75, 3.05) is 5.32 Å². The molecule has 0 saturated heterocycles. The van der Waals surface area contributed by atoms with E-state index >= 15 is 0 Å². The van der Waals surface area contributed by atoms with E-state index in [4.69, 9.17) is 5.26 Å². The van der Waals surface area contributed by atoms with Gasteiger partial charge in [0.05, 0.1) is 11.6 Å². The predicted molar refractivity (Wildman–Crippen MR) is 80.2 cm³/mol. The van der Waals surface area contributed by atoms with Gasteiger partial charge < -0.3 is 5.32 Å². The molecular formula is C17H13N3. The van der Waals surface area contributed by atoms with Gasteiger partial charge in [0.1, 0.15) is 0 Å². The highest BCUT2D eigenvalue weighted by molar-refractivity contribution is 5.93. The van der Waals surface area contributed by atoms with Gasteiger partial charge in [0.15, 0.2) is 0 Å². The van der Waals surface area contributed by atoms with E-state index in [0.29, 0.717) is 12.1 Å². The highest BCUT2D eigenvalue weighted by Gasteiger charge is 2.01. The van der Waals surface area contributed by atoms with Gasteiger partial charge in [-0.1, -0.05) is 24.3 Å². The van der Waals surface area contributed by atoms with Crippen LogP contribution in [0.2, 0.25) is 0 Å². The third kappa shape index (κ3) is 2.45. The van der Waals surface area contributed by atoms with Crippen LogP contribution in [-0.4, -0.2) is 4.98 Å². The predicted octanol–water partition coefficient (Wildman–Crippen LogP) is 3.72. The molecule has 3 aromatic rings. The van der Waals surface area contributed by atoms with Crippen molar-refractivity contribution in [3.8, 4) is 6.07 Å². The Morgan fingerprint density at radius 2 is 2.00 bits per heavy atom. The lowest BCUT2D eigenvalue weighted by molar-refractivity contribution is 1.15. The number of benzene rings is 2. The van der Waals surface area contributed by atoms with Crippen molar-refractivity contribution in [1.29, 1.82) is 5.26 Å². The Hall–Kier alpha value is -2.86. The maximum absolute atomic E-state index is 8.91. The fourth-order valence-corrected chi connectivity index (χ4v) is 2.22. The van der Waals surface area contributed by atoms with E-state index in [9.17, 15) is 0 Å². The third-order valence-corrected chi connectivity index (χ3v) is 3.22. The van der Waals surface area contributed by atoms with Crippen LogP contribution in [0.15, 0.2) is 60.9 Å². The molecule has 0 aliphatic heterocycles. The number of nitriles is 1. The van der Waals surface area contributed by atoms with Crippen LogP contribution < -0.4 is 5.32 Å². The van der Waals surface area contributed by atoms with Crippen LogP contribution in [0.3, 0.4) is 0 Å². The van der Waals surface area contributed by atoms with Crippen molar-refractivity contribution < 1.29 is 0 Å². The zero-order chi connectivity index (χ0) is 13.8. The number of fused-ring (bicyclic) bond motifs is 1. The Morgan fingerprint density at radius 3 is 2.90 bits per heavy atom. The van der Waals surface area contributed by atoms with Gasteiger partial charge in [0.2, 0.25) is 0 Å². The number of hydrogen-bond donors (Lipinski definition) is 1. The summed E-state index contributed by atoms with van der Waals surface area (Å²) in [6, 6.07) is 17.9.